The van der Waals surface area contributed by atoms with Crippen LogP contribution in [0.15, 0.2) is 72.1 Å². The van der Waals surface area contributed by atoms with Crippen molar-refractivity contribution in [3.8, 4) is 11.5 Å². The SMILES string of the molecule is COc1cc(NC(=S)NC(=O)c2cc3ccccc3cc2OC)ccc1NC(=O)c1cccs1. The van der Waals surface area contributed by atoms with Gasteiger partial charge in [0.2, 0.25) is 0 Å². The van der Waals surface area contributed by atoms with Crippen LogP contribution < -0.4 is 25.4 Å². The first-order valence-electron chi connectivity index (χ1n) is 10.2. The highest BCUT2D eigenvalue weighted by Crippen LogP contribution is 2.29. The Morgan fingerprint density at radius 3 is 2.24 bits per heavy atom. The number of anilines is 2. The first-order chi connectivity index (χ1) is 16.5. The molecule has 0 unspecified atom stereocenters. The van der Waals surface area contributed by atoms with Crippen LogP contribution in [0.25, 0.3) is 10.8 Å². The van der Waals surface area contributed by atoms with E-state index in [9.17, 15) is 9.59 Å². The van der Waals surface area contributed by atoms with Crippen molar-refractivity contribution in [2.24, 2.45) is 0 Å². The first kappa shape index (κ1) is 23.2. The van der Waals surface area contributed by atoms with Gasteiger partial charge in [0.25, 0.3) is 11.8 Å². The molecule has 0 aliphatic heterocycles. The van der Waals surface area contributed by atoms with Crippen molar-refractivity contribution in [1.29, 1.82) is 0 Å². The quantitative estimate of drug-likeness (QED) is 0.317. The third-order valence-electron chi connectivity index (χ3n) is 4.99. The number of fused-ring (bicyclic) bond motifs is 1. The van der Waals surface area contributed by atoms with Gasteiger partial charge in [0.1, 0.15) is 11.5 Å². The summed E-state index contributed by atoms with van der Waals surface area (Å²) in [7, 11) is 3.02. The molecule has 0 radical (unpaired) electrons. The Morgan fingerprint density at radius 2 is 1.56 bits per heavy atom. The number of thiophene rings is 1. The lowest BCUT2D eigenvalue weighted by atomic mass is 10.1. The van der Waals surface area contributed by atoms with Crippen LogP contribution in [0.3, 0.4) is 0 Å². The molecule has 4 rings (SSSR count). The van der Waals surface area contributed by atoms with Gasteiger partial charge in [0.15, 0.2) is 5.11 Å². The summed E-state index contributed by atoms with van der Waals surface area (Å²) in [4.78, 5) is 25.8. The number of carbonyl (C=O) groups excluding carboxylic acids is 2. The van der Waals surface area contributed by atoms with Crippen molar-refractivity contribution in [2.45, 2.75) is 0 Å². The first-order valence-corrected chi connectivity index (χ1v) is 11.5. The van der Waals surface area contributed by atoms with Gasteiger partial charge in [0, 0.05) is 11.8 Å². The normalized spacial score (nSPS) is 10.4. The maximum absolute atomic E-state index is 12.9. The lowest BCUT2D eigenvalue weighted by Gasteiger charge is -2.15. The lowest BCUT2D eigenvalue weighted by Crippen LogP contribution is -2.34. The predicted molar refractivity (Wildman–Crippen MR) is 139 cm³/mol. The van der Waals surface area contributed by atoms with Gasteiger partial charge in [-0.1, -0.05) is 30.3 Å². The van der Waals surface area contributed by atoms with E-state index in [1.807, 2.05) is 41.8 Å². The Morgan fingerprint density at radius 1 is 0.824 bits per heavy atom. The van der Waals surface area contributed by atoms with E-state index < -0.39 is 5.91 Å². The Labute approximate surface area is 205 Å². The Balaban J connectivity index is 1.46. The van der Waals surface area contributed by atoms with E-state index in [0.29, 0.717) is 33.3 Å². The highest BCUT2D eigenvalue weighted by Gasteiger charge is 2.16. The Bertz CT molecular complexity index is 1370. The van der Waals surface area contributed by atoms with Crippen LogP contribution in [0.1, 0.15) is 20.0 Å². The van der Waals surface area contributed by atoms with Gasteiger partial charge in [0.05, 0.1) is 30.3 Å². The summed E-state index contributed by atoms with van der Waals surface area (Å²) >= 11 is 6.68. The van der Waals surface area contributed by atoms with Gasteiger partial charge in [-0.3, -0.25) is 14.9 Å². The molecule has 7 nitrogen and oxygen atoms in total. The van der Waals surface area contributed by atoms with Gasteiger partial charge in [-0.25, -0.2) is 0 Å². The molecule has 172 valence electrons. The molecule has 9 heteroatoms. The van der Waals surface area contributed by atoms with Crippen molar-refractivity contribution in [1.82, 2.24) is 5.32 Å². The van der Waals surface area contributed by atoms with E-state index in [1.54, 1.807) is 30.3 Å². The minimum Gasteiger partial charge on any atom is -0.496 e. The molecule has 4 aromatic rings. The largest absolute Gasteiger partial charge is 0.496 e. The van der Waals surface area contributed by atoms with E-state index >= 15 is 0 Å². The van der Waals surface area contributed by atoms with Crippen molar-refractivity contribution >= 4 is 62.6 Å². The molecule has 0 spiro atoms. The fraction of sp³-hybridized carbons (Fsp3) is 0.0800. The number of nitrogens with one attached hydrogen (secondary N) is 3. The maximum Gasteiger partial charge on any atom is 0.265 e. The maximum atomic E-state index is 12.9. The van der Waals surface area contributed by atoms with E-state index in [0.717, 1.165) is 10.8 Å². The second-order valence-electron chi connectivity index (χ2n) is 7.15. The van der Waals surface area contributed by atoms with Crippen molar-refractivity contribution in [2.75, 3.05) is 24.9 Å². The van der Waals surface area contributed by atoms with Crippen LogP contribution in [-0.4, -0.2) is 31.1 Å². The smallest absolute Gasteiger partial charge is 0.265 e. The van der Waals surface area contributed by atoms with Crippen molar-refractivity contribution < 1.29 is 19.1 Å². The van der Waals surface area contributed by atoms with Crippen molar-refractivity contribution in [3.63, 3.8) is 0 Å². The summed E-state index contributed by atoms with van der Waals surface area (Å²) in [6, 6.07) is 19.9. The minimum absolute atomic E-state index is 0.109. The van der Waals surface area contributed by atoms with Crippen LogP contribution >= 0.6 is 23.6 Å². The van der Waals surface area contributed by atoms with Gasteiger partial charge in [-0.05, 0) is 58.7 Å². The van der Waals surface area contributed by atoms with Gasteiger partial charge in [-0.15, -0.1) is 11.3 Å². The summed E-state index contributed by atoms with van der Waals surface area (Å²) in [5.74, 6) is 0.278. The van der Waals surface area contributed by atoms with Crippen LogP contribution in [-0.2, 0) is 0 Å². The number of methoxy groups -OCH3 is 2. The molecule has 1 aromatic heterocycles. The number of rotatable bonds is 6. The molecule has 3 aromatic carbocycles. The fourth-order valence-electron chi connectivity index (χ4n) is 3.36. The number of hydrogen-bond donors (Lipinski definition) is 3. The fourth-order valence-corrected chi connectivity index (χ4v) is 4.19. The van der Waals surface area contributed by atoms with Crippen LogP contribution in [0.5, 0.6) is 11.5 Å². The lowest BCUT2D eigenvalue weighted by molar-refractivity contribution is 0.0973. The van der Waals surface area contributed by atoms with Gasteiger partial charge >= 0.3 is 0 Å². The zero-order chi connectivity index (χ0) is 24.1. The molecule has 1 heterocycles. The monoisotopic (exact) mass is 491 g/mol. The van der Waals surface area contributed by atoms with E-state index in [4.69, 9.17) is 21.7 Å². The van der Waals surface area contributed by atoms with Crippen molar-refractivity contribution in [3.05, 3.63) is 82.6 Å². The van der Waals surface area contributed by atoms with E-state index in [1.165, 1.54) is 25.6 Å². The number of amides is 2. The molecule has 0 aliphatic carbocycles. The van der Waals surface area contributed by atoms with Crippen LogP contribution in [0.4, 0.5) is 11.4 Å². The van der Waals surface area contributed by atoms with Crippen LogP contribution in [0.2, 0.25) is 0 Å². The molecular weight excluding hydrogens is 470 g/mol. The van der Waals surface area contributed by atoms with E-state index in [-0.39, 0.29) is 11.0 Å². The van der Waals surface area contributed by atoms with E-state index in [2.05, 4.69) is 16.0 Å². The van der Waals surface area contributed by atoms with Crippen LogP contribution in [0, 0.1) is 0 Å². The number of benzene rings is 3. The Kier molecular flexibility index (Phi) is 7.05. The van der Waals surface area contributed by atoms with Gasteiger partial charge < -0.3 is 20.1 Å². The number of thiocarbonyl (C=S) groups is 1. The zero-order valence-corrected chi connectivity index (χ0v) is 20.0. The molecule has 2 amide bonds. The molecular formula is C25H21N3O4S2. The predicted octanol–water partition coefficient (Wildman–Crippen LogP) is 5.30. The minimum atomic E-state index is -0.396. The average Bonchev–Trinajstić information content (AvgIpc) is 3.39. The number of hydrogen-bond acceptors (Lipinski definition) is 6. The molecule has 0 atom stereocenters. The number of ether oxygens (including phenoxy) is 2. The van der Waals surface area contributed by atoms with Gasteiger partial charge in [-0.2, -0.15) is 0 Å². The Hall–Kier alpha value is -3.95. The zero-order valence-electron chi connectivity index (χ0n) is 18.4. The highest BCUT2D eigenvalue weighted by molar-refractivity contribution is 7.80. The molecule has 0 aliphatic rings. The molecule has 0 saturated heterocycles. The third-order valence-corrected chi connectivity index (χ3v) is 6.06. The molecule has 0 saturated carbocycles. The molecule has 34 heavy (non-hydrogen) atoms. The summed E-state index contributed by atoms with van der Waals surface area (Å²) in [6.07, 6.45) is 0. The average molecular weight is 492 g/mol. The topological polar surface area (TPSA) is 88.7 Å². The summed E-state index contributed by atoms with van der Waals surface area (Å²) < 4.78 is 10.8. The second kappa shape index (κ2) is 10.3. The third kappa shape index (κ3) is 5.16. The summed E-state index contributed by atoms with van der Waals surface area (Å²) in [5.41, 5.74) is 1.47. The molecule has 3 N–H and O–H groups in total. The highest BCUT2D eigenvalue weighted by atomic mass is 32.1. The molecule has 0 fully saturated rings. The second-order valence-corrected chi connectivity index (χ2v) is 8.51. The number of carbonyl (C=O) groups is 2. The summed E-state index contributed by atoms with van der Waals surface area (Å²) in [5, 5.41) is 12.3. The standard InChI is InChI=1S/C25H21N3O4S2/c1-31-20-13-16-7-4-3-6-15(16)12-18(20)23(29)28-25(33)26-17-9-10-19(21(14-17)32-2)27-24(30)22-8-5-11-34-22/h3-14H,1-2H3,(H,27,30)(H2,26,28,29,33). The molecule has 0 bridgehead atoms. The summed E-state index contributed by atoms with van der Waals surface area (Å²) in [6.45, 7) is 0.